The molecule has 11 heteroatoms. The lowest BCUT2D eigenvalue weighted by molar-refractivity contribution is -0.121. The molecule has 0 saturated carbocycles. The summed E-state index contributed by atoms with van der Waals surface area (Å²) < 4.78 is 48.7. The normalized spacial score (nSPS) is 16.2. The number of nitrogens with one attached hydrogen (secondary N) is 1. The number of sulfone groups is 1. The molecule has 4 rings (SSSR count). The molecule has 3 aromatic carbocycles. The first-order chi connectivity index (χ1) is 18.2. The lowest BCUT2D eigenvalue weighted by atomic mass is 10.1. The van der Waals surface area contributed by atoms with Gasteiger partial charge in [0.05, 0.1) is 44.3 Å². The summed E-state index contributed by atoms with van der Waals surface area (Å²) in [7, 11) is 1.89. The largest absolute Gasteiger partial charge is 0.493 e. The van der Waals surface area contributed by atoms with Crippen LogP contribution < -0.4 is 29.2 Å². The maximum Gasteiger partial charge on any atom is 0.244 e. The SMILES string of the molecule is COc1ccc(NC(=O)CN2C(=O)CC(c3ccc(OC)c(OC)c3)S(=O)(=O)c3ccccc32)cc1OC. The lowest BCUT2D eigenvalue weighted by Crippen LogP contribution is -2.38. The van der Waals surface area contributed by atoms with Crippen molar-refractivity contribution in [2.45, 2.75) is 16.6 Å². The van der Waals surface area contributed by atoms with Gasteiger partial charge in [0.1, 0.15) is 6.54 Å². The molecule has 1 unspecified atom stereocenters. The Bertz CT molecular complexity index is 1470. The van der Waals surface area contributed by atoms with Gasteiger partial charge in [-0.25, -0.2) is 8.42 Å². The van der Waals surface area contributed by atoms with Crippen LogP contribution in [0.25, 0.3) is 0 Å². The summed E-state index contributed by atoms with van der Waals surface area (Å²) >= 11 is 0. The van der Waals surface area contributed by atoms with Crippen LogP contribution in [0.1, 0.15) is 17.2 Å². The summed E-state index contributed by atoms with van der Waals surface area (Å²) in [4.78, 5) is 27.7. The molecule has 0 saturated heterocycles. The van der Waals surface area contributed by atoms with Crippen LogP contribution in [0.5, 0.6) is 23.0 Å². The molecule has 1 heterocycles. The van der Waals surface area contributed by atoms with Crippen molar-refractivity contribution in [1.82, 2.24) is 0 Å². The number of carbonyl (C=O) groups excluding carboxylic acids is 2. The van der Waals surface area contributed by atoms with Crippen molar-refractivity contribution in [2.24, 2.45) is 0 Å². The summed E-state index contributed by atoms with van der Waals surface area (Å²) in [6.07, 6.45) is -0.365. The van der Waals surface area contributed by atoms with E-state index in [9.17, 15) is 18.0 Å². The number of hydrogen-bond acceptors (Lipinski definition) is 8. The number of ether oxygens (including phenoxy) is 4. The zero-order valence-electron chi connectivity index (χ0n) is 21.4. The first kappa shape index (κ1) is 26.8. The number of anilines is 2. The van der Waals surface area contributed by atoms with Crippen LogP contribution in [0.2, 0.25) is 0 Å². The average Bonchev–Trinajstić information content (AvgIpc) is 3.01. The predicted molar refractivity (Wildman–Crippen MR) is 141 cm³/mol. The van der Waals surface area contributed by atoms with Crippen molar-refractivity contribution in [3.8, 4) is 23.0 Å². The Balaban J connectivity index is 1.67. The van der Waals surface area contributed by atoms with Crippen LogP contribution in [0.15, 0.2) is 65.6 Å². The van der Waals surface area contributed by atoms with Crippen LogP contribution >= 0.6 is 0 Å². The van der Waals surface area contributed by atoms with Crippen molar-refractivity contribution in [3.63, 3.8) is 0 Å². The van der Waals surface area contributed by atoms with Crippen molar-refractivity contribution in [2.75, 3.05) is 45.2 Å². The number of methoxy groups -OCH3 is 4. The monoisotopic (exact) mass is 540 g/mol. The Hall–Kier alpha value is -4.25. The minimum absolute atomic E-state index is 0.0375. The highest BCUT2D eigenvalue weighted by atomic mass is 32.2. The first-order valence-corrected chi connectivity index (χ1v) is 13.1. The quantitative estimate of drug-likeness (QED) is 0.460. The van der Waals surface area contributed by atoms with E-state index in [-0.39, 0.29) is 17.0 Å². The molecule has 1 aliphatic rings. The second-order valence-corrected chi connectivity index (χ2v) is 10.5. The second kappa shape index (κ2) is 11.0. The molecule has 0 aromatic heterocycles. The third-order valence-electron chi connectivity index (χ3n) is 6.25. The molecule has 0 bridgehead atoms. The van der Waals surface area contributed by atoms with Crippen LogP contribution in [0.4, 0.5) is 11.4 Å². The van der Waals surface area contributed by atoms with Crippen molar-refractivity contribution < 1.29 is 37.0 Å². The van der Waals surface area contributed by atoms with E-state index in [1.54, 1.807) is 48.5 Å². The van der Waals surface area contributed by atoms with E-state index in [1.165, 1.54) is 45.5 Å². The van der Waals surface area contributed by atoms with Crippen molar-refractivity contribution in [1.29, 1.82) is 0 Å². The number of rotatable bonds is 8. The van der Waals surface area contributed by atoms with Crippen LogP contribution in [-0.2, 0) is 19.4 Å². The standard InChI is InChI=1S/C27H28N2O8S/c1-34-20-11-9-17(13-22(20)36-3)25-15-27(31)29(19-7-5-6-8-24(19)38(25,32)33)16-26(30)28-18-10-12-21(35-2)23(14-18)37-4/h5-14,25H,15-16H2,1-4H3,(H,28,30). The van der Waals surface area contributed by atoms with E-state index >= 15 is 0 Å². The molecule has 0 fully saturated rings. The maximum absolute atomic E-state index is 13.8. The summed E-state index contributed by atoms with van der Waals surface area (Å²) in [5.41, 5.74) is 0.949. The van der Waals surface area contributed by atoms with E-state index in [0.717, 1.165) is 0 Å². The van der Waals surface area contributed by atoms with Crippen LogP contribution in [-0.4, -0.2) is 55.2 Å². The highest BCUT2D eigenvalue weighted by Crippen LogP contribution is 2.42. The highest BCUT2D eigenvalue weighted by molar-refractivity contribution is 7.92. The van der Waals surface area contributed by atoms with Gasteiger partial charge in [0, 0.05) is 18.2 Å². The number of amides is 2. The molecular formula is C27H28N2O8S. The van der Waals surface area contributed by atoms with E-state index in [4.69, 9.17) is 18.9 Å². The molecule has 10 nitrogen and oxygen atoms in total. The van der Waals surface area contributed by atoms with Crippen molar-refractivity contribution >= 4 is 33.0 Å². The Kier molecular flexibility index (Phi) is 7.77. The third-order valence-corrected chi connectivity index (χ3v) is 8.39. The molecule has 0 spiro atoms. The Morgan fingerprint density at radius 1 is 0.868 bits per heavy atom. The molecule has 38 heavy (non-hydrogen) atoms. The smallest absolute Gasteiger partial charge is 0.244 e. The topological polar surface area (TPSA) is 120 Å². The number of nitrogens with zero attached hydrogens (tertiary/aromatic N) is 1. The van der Waals surface area contributed by atoms with E-state index in [2.05, 4.69) is 5.32 Å². The number of para-hydroxylation sites is 1. The summed E-state index contributed by atoms with van der Waals surface area (Å²) in [5.74, 6) is 0.667. The van der Waals surface area contributed by atoms with E-state index in [0.29, 0.717) is 34.2 Å². The van der Waals surface area contributed by atoms with Gasteiger partial charge in [-0.15, -0.1) is 0 Å². The van der Waals surface area contributed by atoms with Gasteiger partial charge in [0.25, 0.3) is 0 Å². The Labute approximate surface area is 221 Å². The van der Waals surface area contributed by atoms with Crippen LogP contribution in [0.3, 0.4) is 0 Å². The van der Waals surface area contributed by atoms with E-state index in [1.807, 2.05) is 0 Å². The number of hydrogen-bond donors (Lipinski definition) is 1. The number of carbonyl (C=O) groups is 2. The molecule has 1 atom stereocenters. The van der Waals surface area contributed by atoms with Gasteiger partial charge in [0.2, 0.25) is 11.8 Å². The number of fused-ring (bicyclic) bond motifs is 1. The molecule has 1 N–H and O–H groups in total. The number of benzene rings is 3. The van der Waals surface area contributed by atoms with Gasteiger partial charge in [0.15, 0.2) is 32.8 Å². The maximum atomic E-state index is 13.8. The molecule has 2 amide bonds. The molecule has 200 valence electrons. The van der Waals surface area contributed by atoms with E-state index < -0.39 is 33.4 Å². The molecule has 0 radical (unpaired) electrons. The summed E-state index contributed by atoms with van der Waals surface area (Å²) in [6.45, 7) is -0.391. The predicted octanol–water partition coefficient (Wildman–Crippen LogP) is 3.61. The summed E-state index contributed by atoms with van der Waals surface area (Å²) in [5, 5.41) is 1.54. The molecule has 0 aliphatic carbocycles. The van der Waals surface area contributed by atoms with Gasteiger partial charge >= 0.3 is 0 Å². The minimum Gasteiger partial charge on any atom is -0.493 e. The molecule has 1 aliphatic heterocycles. The second-order valence-electron chi connectivity index (χ2n) is 8.42. The zero-order chi connectivity index (χ0) is 27.4. The minimum atomic E-state index is -4.02. The van der Waals surface area contributed by atoms with Crippen molar-refractivity contribution in [3.05, 3.63) is 66.2 Å². The fourth-order valence-electron chi connectivity index (χ4n) is 4.37. The van der Waals surface area contributed by atoms with Gasteiger partial charge in [-0.2, -0.15) is 0 Å². The Morgan fingerprint density at radius 3 is 2.13 bits per heavy atom. The van der Waals surface area contributed by atoms with Gasteiger partial charge in [-0.3, -0.25) is 9.59 Å². The van der Waals surface area contributed by atoms with Crippen LogP contribution in [0, 0.1) is 0 Å². The fourth-order valence-corrected chi connectivity index (χ4v) is 6.28. The fraction of sp³-hybridized carbons (Fsp3) is 0.259. The van der Waals surface area contributed by atoms with Gasteiger partial charge in [-0.1, -0.05) is 18.2 Å². The zero-order valence-corrected chi connectivity index (χ0v) is 22.2. The highest BCUT2D eigenvalue weighted by Gasteiger charge is 2.40. The molecular weight excluding hydrogens is 512 g/mol. The first-order valence-electron chi connectivity index (χ1n) is 11.6. The average molecular weight is 541 g/mol. The van der Waals surface area contributed by atoms with Gasteiger partial charge in [-0.05, 0) is 42.0 Å². The Morgan fingerprint density at radius 2 is 1.47 bits per heavy atom. The summed E-state index contributed by atoms with van der Waals surface area (Å²) in [6, 6.07) is 15.8. The molecule has 3 aromatic rings. The van der Waals surface area contributed by atoms with Gasteiger partial charge < -0.3 is 29.2 Å². The third kappa shape index (κ3) is 5.10. The lowest BCUT2D eigenvalue weighted by Gasteiger charge is -2.22.